The van der Waals surface area contributed by atoms with Crippen LogP contribution in [0.25, 0.3) is 0 Å². The molecule has 5 nitrogen and oxygen atoms in total. The number of carbonyl (C=O) groups is 1. The molecule has 0 spiro atoms. The van der Waals surface area contributed by atoms with Gasteiger partial charge >= 0.3 is 0 Å². The average molecular weight is 437 g/mol. The van der Waals surface area contributed by atoms with E-state index in [1.807, 2.05) is 55.5 Å². The largest absolute Gasteiger partial charge is 0.351 e. The summed E-state index contributed by atoms with van der Waals surface area (Å²) in [5.41, 5.74) is 4.14. The summed E-state index contributed by atoms with van der Waals surface area (Å²) < 4.78 is 26.1. The van der Waals surface area contributed by atoms with Crippen molar-refractivity contribution in [3.63, 3.8) is 0 Å². The van der Waals surface area contributed by atoms with Gasteiger partial charge in [-0.2, -0.15) is 0 Å². The summed E-state index contributed by atoms with van der Waals surface area (Å²) in [7, 11) is -3.45. The van der Waals surface area contributed by atoms with Crippen molar-refractivity contribution < 1.29 is 13.2 Å². The van der Waals surface area contributed by atoms with E-state index in [0.717, 1.165) is 11.1 Å². The van der Waals surface area contributed by atoms with Crippen molar-refractivity contribution in [3.8, 4) is 0 Å². The molecule has 0 aromatic heterocycles. The minimum atomic E-state index is -3.45. The molecule has 0 aliphatic heterocycles. The summed E-state index contributed by atoms with van der Waals surface area (Å²) >= 11 is 0. The molecule has 0 radical (unpaired) electrons. The summed E-state index contributed by atoms with van der Waals surface area (Å²) in [5.74, 6) is 0.0649. The molecule has 1 N–H and O–H groups in total. The second kappa shape index (κ2) is 9.79. The van der Waals surface area contributed by atoms with Gasteiger partial charge in [-0.15, -0.1) is 0 Å². The molecule has 1 atom stereocenters. The number of anilines is 1. The molecule has 6 heteroatoms. The van der Waals surface area contributed by atoms with Crippen LogP contribution in [0.5, 0.6) is 0 Å². The van der Waals surface area contributed by atoms with E-state index in [-0.39, 0.29) is 18.4 Å². The minimum Gasteiger partial charge on any atom is -0.351 e. The Hall–Kier alpha value is -3.12. The van der Waals surface area contributed by atoms with Gasteiger partial charge in [-0.05, 0) is 53.8 Å². The minimum absolute atomic E-state index is 0.145. The number of carbonyl (C=O) groups excluding carboxylic acids is 1. The molecule has 3 rings (SSSR count). The zero-order chi connectivity index (χ0) is 22.4. The number of amides is 1. The van der Waals surface area contributed by atoms with Gasteiger partial charge in [-0.1, -0.05) is 61.5 Å². The predicted octanol–water partition coefficient (Wildman–Crippen LogP) is 4.49. The molecule has 0 saturated heterocycles. The summed E-state index contributed by atoms with van der Waals surface area (Å²) in [6.07, 6.45) is 1.20. The third kappa shape index (κ3) is 6.18. The molecule has 0 aliphatic carbocycles. The first-order valence-electron chi connectivity index (χ1n) is 10.2. The van der Waals surface area contributed by atoms with Gasteiger partial charge in [0.15, 0.2) is 0 Å². The van der Waals surface area contributed by atoms with Gasteiger partial charge in [-0.3, -0.25) is 9.10 Å². The highest BCUT2D eigenvalue weighted by atomic mass is 32.2. The lowest BCUT2D eigenvalue weighted by Crippen LogP contribution is -2.29. The second-order valence-corrected chi connectivity index (χ2v) is 9.73. The van der Waals surface area contributed by atoms with Crippen molar-refractivity contribution in [2.45, 2.75) is 26.3 Å². The Bertz CT molecular complexity index is 1130. The number of hydrogen-bond donors (Lipinski definition) is 1. The van der Waals surface area contributed by atoms with Crippen LogP contribution in [0, 0.1) is 6.92 Å². The topological polar surface area (TPSA) is 66.5 Å². The molecule has 0 fully saturated rings. The van der Waals surface area contributed by atoms with Crippen LogP contribution in [0.2, 0.25) is 0 Å². The predicted molar refractivity (Wildman–Crippen MR) is 126 cm³/mol. The van der Waals surface area contributed by atoms with Crippen LogP contribution in [0.15, 0.2) is 78.9 Å². The third-order valence-corrected chi connectivity index (χ3v) is 6.31. The maximum Gasteiger partial charge on any atom is 0.251 e. The highest BCUT2D eigenvalue weighted by Crippen LogP contribution is 2.22. The van der Waals surface area contributed by atoms with Gasteiger partial charge in [-0.25, -0.2) is 8.42 Å². The van der Waals surface area contributed by atoms with Crippen molar-refractivity contribution in [1.82, 2.24) is 5.32 Å². The lowest BCUT2D eigenvalue weighted by Gasteiger charge is -2.23. The van der Waals surface area contributed by atoms with E-state index in [9.17, 15) is 13.2 Å². The van der Waals surface area contributed by atoms with Crippen LogP contribution in [-0.2, 0) is 16.6 Å². The highest BCUT2D eigenvalue weighted by Gasteiger charge is 2.18. The fraction of sp³-hybridized carbons (Fsp3) is 0.240. The number of hydrogen-bond acceptors (Lipinski definition) is 3. The molecule has 162 valence electrons. The number of nitrogens with one attached hydrogen (secondary N) is 1. The molecule has 3 aromatic rings. The number of rotatable bonds is 8. The lowest BCUT2D eigenvalue weighted by atomic mass is 10.0. The Morgan fingerprint density at radius 2 is 1.65 bits per heavy atom. The Morgan fingerprint density at radius 3 is 2.26 bits per heavy atom. The van der Waals surface area contributed by atoms with Crippen molar-refractivity contribution in [3.05, 3.63) is 101 Å². The van der Waals surface area contributed by atoms with E-state index < -0.39 is 10.0 Å². The standard InChI is InChI=1S/C25H28N2O3S/c1-19-8-7-11-24(16-19)27(31(3,29)30)18-21-12-14-23(15-13-21)25(28)26-17-20(2)22-9-5-4-6-10-22/h4-16,20H,17-18H2,1-3H3,(H,26,28). The number of nitrogens with zero attached hydrogens (tertiary/aromatic N) is 1. The summed E-state index contributed by atoms with van der Waals surface area (Å²) in [6.45, 7) is 4.74. The Labute approximate surface area is 184 Å². The summed E-state index contributed by atoms with van der Waals surface area (Å²) in [6, 6.07) is 24.5. The van der Waals surface area contributed by atoms with Gasteiger partial charge in [0.2, 0.25) is 10.0 Å². The molecule has 0 heterocycles. The molecule has 0 bridgehead atoms. The van der Waals surface area contributed by atoms with Gasteiger partial charge in [0.05, 0.1) is 18.5 Å². The zero-order valence-electron chi connectivity index (χ0n) is 18.1. The normalized spacial score (nSPS) is 12.2. The molecule has 31 heavy (non-hydrogen) atoms. The Balaban J connectivity index is 1.66. The number of sulfonamides is 1. The first kappa shape index (κ1) is 22.6. The Kier molecular flexibility index (Phi) is 7.13. The second-order valence-electron chi connectivity index (χ2n) is 7.83. The fourth-order valence-electron chi connectivity index (χ4n) is 3.36. The molecule has 0 saturated carbocycles. The van der Waals surface area contributed by atoms with Crippen molar-refractivity contribution >= 4 is 21.6 Å². The molecule has 3 aromatic carbocycles. The van der Waals surface area contributed by atoms with Crippen molar-refractivity contribution in [2.24, 2.45) is 0 Å². The third-order valence-electron chi connectivity index (χ3n) is 5.17. The van der Waals surface area contributed by atoms with E-state index >= 15 is 0 Å². The quantitative estimate of drug-likeness (QED) is 0.566. The first-order valence-corrected chi connectivity index (χ1v) is 12.1. The number of benzene rings is 3. The monoisotopic (exact) mass is 436 g/mol. The van der Waals surface area contributed by atoms with Gasteiger partial charge in [0, 0.05) is 12.1 Å². The maximum atomic E-state index is 12.5. The SMILES string of the molecule is Cc1cccc(N(Cc2ccc(C(=O)NCC(C)c3ccccc3)cc2)S(C)(=O)=O)c1. The lowest BCUT2D eigenvalue weighted by molar-refractivity contribution is 0.0951. The van der Waals surface area contributed by atoms with Gasteiger partial charge < -0.3 is 5.32 Å². The molecular weight excluding hydrogens is 408 g/mol. The molecule has 1 amide bonds. The Morgan fingerprint density at radius 1 is 0.968 bits per heavy atom. The molecular formula is C25H28N2O3S. The van der Waals surface area contributed by atoms with Crippen LogP contribution >= 0.6 is 0 Å². The molecule has 0 aliphatic rings. The summed E-state index contributed by atoms with van der Waals surface area (Å²) in [5, 5.41) is 2.97. The van der Waals surface area contributed by atoms with Crippen molar-refractivity contribution in [2.75, 3.05) is 17.1 Å². The van der Waals surface area contributed by atoms with Gasteiger partial charge in [0.25, 0.3) is 5.91 Å². The highest BCUT2D eigenvalue weighted by molar-refractivity contribution is 7.92. The van der Waals surface area contributed by atoms with Crippen LogP contribution in [0.4, 0.5) is 5.69 Å². The number of aryl methyl sites for hydroxylation is 1. The fourth-order valence-corrected chi connectivity index (χ4v) is 4.24. The molecule has 1 unspecified atom stereocenters. The van der Waals surface area contributed by atoms with E-state index in [0.29, 0.717) is 17.8 Å². The van der Waals surface area contributed by atoms with Crippen LogP contribution < -0.4 is 9.62 Å². The van der Waals surface area contributed by atoms with E-state index in [1.165, 1.54) is 16.1 Å². The van der Waals surface area contributed by atoms with E-state index in [1.54, 1.807) is 30.3 Å². The average Bonchev–Trinajstić information content (AvgIpc) is 2.75. The van der Waals surface area contributed by atoms with Crippen molar-refractivity contribution in [1.29, 1.82) is 0 Å². The van der Waals surface area contributed by atoms with Gasteiger partial charge in [0.1, 0.15) is 0 Å². The first-order chi connectivity index (χ1) is 14.7. The van der Waals surface area contributed by atoms with Crippen LogP contribution in [0.3, 0.4) is 0 Å². The zero-order valence-corrected chi connectivity index (χ0v) is 18.9. The van der Waals surface area contributed by atoms with Crippen LogP contribution in [0.1, 0.15) is 39.9 Å². The maximum absolute atomic E-state index is 12.5. The smallest absolute Gasteiger partial charge is 0.251 e. The van der Waals surface area contributed by atoms with Crippen LogP contribution in [-0.4, -0.2) is 27.1 Å². The van der Waals surface area contributed by atoms with E-state index in [2.05, 4.69) is 12.2 Å². The summed E-state index contributed by atoms with van der Waals surface area (Å²) in [4.78, 5) is 12.5. The van der Waals surface area contributed by atoms with E-state index in [4.69, 9.17) is 0 Å².